The lowest BCUT2D eigenvalue weighted by atomic mass is 10.1. The van der Waals surface area contributed by atoms with Gasteiger partial charge in [-0.15, -0.1) is 11.3 Å². The molecule has 0 radical (unpaired) electrons. The summed E-state index contributed by atoms with van der Waals surface area (Å²) in [6, 6.07) is 23.4. The number of imidazole rings is 1. The zero-order chi connectivity index (χ0) is 23.9. The van der Waals surface area contributed by atoms with Crippen molar-refractivity contribution in [2.24, 2.45) is 0 Å². The van der Waals surface area contributed by atoms with Crippen LogP contribution in [0.15, 0.2) is 101 Å². The number of ether oxygens (including phenoxy) is 1. The highest BCUT2D eigenvalue weighted by molar-refractivity contribution is 9.10. The van der Waals surface area contributed by atoms with Crippen molar-refractivity contribution in [3.8, 4) is 22.6 Å². The third kappa shape index (κ3) is 5.62. The third-order valence-electron chi connectivity index (χ3n) is 4.83. The molecule has 0 saturated carbocycles. The van der Waals surface area contributed by atoms with Gasteiger partial charge < -0.3 is 9.30 Å². The van der Waals surface area contributed by atoms with Crippen LogP contribution < -0.4 is 4.74 Å². The third-order valence-corrected chi connectivity index (χ3v) is 6.58. The molecule has 8 heteroatoms. The Hall–Kier alpha value is -3.26. The summed E-state index contributed by atoms with van der Waals surface area (Å²) in [5.74, 6) is 0.702. The highest BCUT2D eigenvalue weighted by atomic mass is 79.9. The monoisotopic (exact) mass is 551 g/mol. The van der Waals surface area contributed by atoms with Crippen molar-refractivity contribution < 1.29 is 9.53 Å². The van der Waals surface area contributed by atoms with Crippen LogP contribution >= 0.6 is 38.9 Å². The van der Waals surface area contributed by atoms with Gasteiger partial charge in [-0.2, -0.15) is 0 Å². The van der Waals surface area contributed by atoms with Gasteiger partial charge in [0, 0.05) is 34.0 Å². The van der Waals surface area contributed by atoms with Crippen LogP contribution in [0.25, 0.3) is 16.8 Å². The van der Waals surface area contributed by atoms with E-state index in [4.69, 9.17) is 16.3 Å². The number of methoxy groups -OCH3 is 1. The number of thiazole rings is 1. The van der Waals surface area contributed by atoms with Crippen molar-refractivity contribution in [2.75, 3.05) is 7.11 Å². The topological polar surface area (TPSA) is 57.0 Å². The summed E-state index contributed by atoms with van der Waals surface area (Å²) in [5.41, 5.74) is 3.25. The van der Waals surface area contributed by atoms with Gasteiger partial charge in [-0.1, -0.05) is 54.1 Å². The van der Waals surface area contributed by atoms with Gasteiger partial charge in [0.05, 0.1) is 11.6 Å². The number of para-hydroxylation sites is 1. The second-order valence-corrected chi connectivity index (χ2v) is 9.15. The second-order valence-electron chi connectivity index (χ2n) is 7.00. The van der Waals surface area contributed by atoms with Crippen LogP contribution in [0, 0.1) is 0 Å². The Kier molecular flexibility index (Phi) is 7.90. The summed E-state index contributed by atoms with van der Waals surface area (Å²) in [7, 11) is 1.65. The molecule has 0 aliphatic rings. The van der Waals surface area contributed by atoms with Crippen LogP contribution in [0.4, 0.5) is 0 Å². The molecule has 5 aromatic rings. The van der Waals surface area contributed by atoms with Crippen LogP contribution in [-0.4, -0.2) is 27.4 Å². The Labute approximate surface area is 214 Å². The standard InChI is InChI=1S/C19H12ClN3OS.C7H7BrO/c20-16-7-2-1-6-15(16)13-4-3-5-14(10-13)23-11-17(22-12-23)18(24)19-21-8-9-25-19;1-9-7-5-3-2-4-6(7)8/h1-12H;2-5H,1H3. The zero-order valence-corrected chi connectivity index (χ0v) is 21.2. The largest absolute Gasteiger partial charge is 0.496 e. The maximum atomic E-state index is 12.3. The minimum Gasteiger partial charge on any atom is -0.496 e. The van der Waals surface area contributed by atoms with Crippen molar-refractivity contribution in [3.63, 3.8) is 0 Å². The van der Waals surface area contributed by atoms with E-state index in [-0.39, 0.29) is 5.78 Å². The molecule has 0 amide bonds. The minimum atomic E-state index is -0.170. The summed E-state index contributed by atoms with van der Waals surface area (Å²) < 4.78 is 7.81. The van der Waals surface area contributed by atoms with Crippen molar-refractivity contribution in [3.05, 3.63) is 117 Å². The van der Waals surface area contributed by atoms with Crippen LogP contribution in [0.2, 0.25) is 5.02 Å². The molecule has 0 N–H and O–H groups in total. The van der Waals surface area contributed by atoms with Crippen molar-refractivity contribution >= 4 is 44.7 Å². The number of aromatic nitrogens is 3. The zero-order valence-electron chi connectivity index (χ0n) is 18.1. The first kappa shape index (κ1) is 23.9. The smallest absolute Gasteiger partial charge is 0.241 e. The first-order valence-electron chi connectivity index (χ1n) is 10.2. The van der Waals surface area contributed by atoms with E-state index in [1.54, 1.807) is 31.2 Å². The van der Waals surface area contributed by atoms with Gasteiger partial charge in [0.15, 0.2) is 5.01 Å². The predicted molar refractivity (Wildman–Crippen MR) is 140 cm³/mol. The molecule has 3 aromatic carbocycles. The Balaban J connectivity index is 0.000000257. The van der Waals surface area contributed by atoms with E-state index in [1.807, 2.05) is 77.4 Å². The lowest BCUT2D eigenvalue weighted by Crippen LogP contribution is -2.00. The van der Waals surface area contributed by atoms with Crippen LogP contribution in [-0.2, 0) is 0 Å². The normalized spacial score (nSPS) is 10.3. The molecule has 170 valence electrons. The lowest BCUT2D eigenvalue weighted by molar-refractivity contribution is 0.103. The fourth-order valence-corrected chi connectivity index (χ4v) is 4.44. The molecular weight excluding hydrogens is 534 g/mol. The molecule has 5 nitrogen and oxygen atoms in total. The Bertz CT molecular complexity index is 1400. The van der Waals surface area contributed by atoms with E-state index in [9.17, 15) is 4.79 Å². The number of benzene rings is 3. The summed E-state index contributed by atoms with van der Waals surface area (Å²) in [6.07, 6.45) is 4.96. The number of hydrogen-bond donors (Lipinski definition) is 0. The van der Waals surface area contributed by atoms with E-state index >= 15 is 0 Å². The van der Waals surface area contributed by atoms with Crippen LogP contribution in [0.5, 0.6) is 5.75 Å². The van der Waals surface area contributed by atoms with Gasteiger partial charge in [-0.05, 0) is 51.8 Å². The molecule has 34 heavy (non-hydrogen) atoms. The molecule has 0 saturated heterocycles. The predicted octanol–water partition coefficient (Wildman–Crippen LogP) is 7.34. The first-order chi connectivity index (χ1) is 16.6. The molecule has 0 aliphatic heterocycles. The average Bonchev–Trinajstić information content (AvgIpc) is 3.58. The molecule has 0 fully saturated rings. The van der Waals surface area contributed by atoms with Gasteiger partial charge in [0.2, 0.25) is 5.78 Å². The van der Waals surface area contributed by atoms with E-state index in [0.29, 0.717) is 15.7 Å². The van der Waals surface area contributed by atoms with Gasteiger partial charge >= 0.3 is 0 Å². The number of nitrogens with zero attached hydrogens (tertiary/aromatic N) is 3. The SMILES string of the molecule is COc1ccccc1Br.O=C(c1cn(-c2cccc(-c3ccccc3Cl)c2)cn1)c1nccs1. The molecular formula is C26H19BrClN3O2S. The quantitative estimate of drug-likeness (QED) is 0.214. The molecule has 0 unspecified atom stereocenters. The maximum absolute atomic E-state index is 12.3. The lowest BCUT2D eigenvalue weighted by Gasteiger charge is -2.07. The average molecular weight is 553 g/mol. The Morgan fingerprint density at radius 2 is 1.82 bits per heavy atom. The number of hydrogen-bond acceptors (Lipinski definition) is 5. The van der Waals surface area contributed by atoms with E-state index < -0.39 is 0 Å². The first-order valence-corrected chi connectivity index (χ1v) is 12.2. The minimum absolute atomic E-state index is 0.170. The van der Waals surface area contributed by atoms with Crippen LogP contribution in [0.3, 0.4) is 0 Å². The summed E-state index contributed by atoms with van der Waals surface area (Å²) in [4.78, 5) is 20.6. The summed E-state index contributed by atoms with van der Waals surface area (Å²) in [6.45, 7) is 0. The number of ketones is 1. The molecule has 0 aliphatic carbocycles. The fraction of sp³-hybridized carbons (Fsp3) is 0.0385. The number of halogens is 2. The van der Waals surface area contributed by atoms with Gasteiger partial charge in [0.1, 0.15) is 17.8 Å². The van der Waals surface area contributed by atoms with Gasteiger partial charge in [-0.3, -0.25) is 4.79 Å². The van der Waals surface area contributed by atoms with E-state index in [0.717, 1.165) is 27.0 Å². The Morgan fingerprint density at radius 1 is 1.03 bits per heavy atom. The molecule has 0 bridgehead atoms. The van der Waals surface area contributed by atoms with Crippen LogP contribution in [0.1, 0.15) is 15.5 Å². The molecule has 0 atom stereocenters. The van der Waals surface area contributed by atoms with Gasteiger partial charge in [0.25, 0.3) is 0 Å². The molecule has 2 aromatic heterocycles. The highest BCUT2D eigenvalue weighted by Crippen LogP contribution is 2.29. The summed E-state index contributed by atoms with van der Waals surface area (Å²) in [5, 5.41) is 2.91. The van der Waals surface area contributed by atoms with E-state index in [1.165, 1.54) is 11.3 Å². The number of carbonyl (C=O) groups excluding carboxylic acids is 1. The summed E-state index contributed by atoms with van der Waals surface area (Å²) >= 11 is 10.9. The number of rotatable bonds is 5. The fourth-order valence-electron chi connectivity index (χ4n) is 3.17. The molecule has 5 rings (SSSR count). The Morgan fingerprint density at radius 3 is 2.53 bits per heavy atom. The van der Waals surface area contributed by atoms with Crippen molar-refractivity contribution in [1.82, 2.24) is 14.5 Å². The number of carbonyl (C=O) groups is 1. The second kappa shape index (κ2) is 11.2. The van der Waals surface area contributed by atoms with Crippen molar-refractivity contribution in [1.29, 1.82) is 0 Å². The molecule has 2 heterocycles. The molecule has 0 spiro atoms. The van der Waals surface area contributed by atoms with Gasteiger partial charge in [-0.25, -0.2) is 9.97 Å². The maximum Gasteiger partial charge on any atom is 0.241 e. The van der Waals surface area contributed by atoms with Crippen molar-refractivity contribution in [2.45, 2.75) is 0 Å². The van der Waals surface area contributed by atoms with E-state index in [2.05, 4.69) is 25.9 Å². The highest BCUT2D eigenvalue weighted by Gasteiger charge is 2.15.